The molecule has 2 aromatic rings. The molecular formula is C17H24N4O3S. The van der Waals surface area contributed by atoms with Crippen LogP contribution >= 0.6 is 11.3 Å². The molecule has 0 aliphatic carbocycles. The Kier molecular flexibility index (Phi) is 6.46. The van der Waals surface area contributed by atoms with Crippen molar-refractivity contribution in [2.24, 2.45) is 4.99 Å². The first-order valence-electron chi connectivity index (χ1n) is 7.79. The number of benzene rings is 1. The number of thiazole rings is 1. The van der Waals surface area contributed by atoms with Gasteiger partial charge in [-0.25, -0.2) is 4.98 Å². The molecule has 1 aromatic carbocycles. The quantitative estimate of drug-likeness (QED) is 0.539. The van der Waals surface area contributed by atoms with Crippen molar-refractivity contribution >= 4 is 17.3 Å². The number of methoxy groups -OCH3 is 2. The summed E-state index contributed by atoms with van der Waals surface area (Å²) in [6, 6.07) is 3.51. The Bertz CT molecular complexity index is 714. The van der Waals surface area contributed by atoms with Gasteiger partial charge in [0.15, 0.2) is 17.5 Å². The van der Waals surface area contributed by atoms with Gasteiger partial charge in [0.05, 0.1) is 26.5 Å². The minimum atomic E-state index is -0.00855. The number of aryl methyl sites for hydroxylation is 2. The maximum Gasteiger partial charge on any atom is 0.200 e. The third-order valence-corrected chi connectivity index (χ3v) is 4.78. The van der Waals surface area contributed by atoms with Crippen molar-refractivity contribution in [3.8, 4) is 17.2 Å². The van der Waals surface area contributed by atoms with Gasteiger partial charge in [-0.05, 0) is 31.5 Å². The molecule has 25 heavy (non-hydrogen) atoms. The van der Waals surface area contributed by atoms with E-state index in [1.165, 1.54) is 19.1 Å². The predicted molar refractivity (Wildman–Crippen MR) is 99.8 cm³/mol. The molecule has 2 rings (SSSR count). The largest absolute Gasteiger partial charge is 0.502 e. The molecule has 7 nitrogen and oxygen atoms in total. The van der Waals surface area contributed by atoms with Crippen molar-refractivity contribution in [1.82, 2.24) is 15.6 Å². The van der Waals surface area contributed by atoms with E-state index < -0.39 is 0 Å². The van der Waals surface area contributed by atoms with Gasteiger partial charge in [-0.2, -0.15) is 0 Å². The molecule has 3 N–H and O–H groups in total. The van der Waals surface area contributed by atoms with Crippen LogP contribution in [-0.2, 0) is 13.1 Å². The fourth-order valence-electron chi connectivity index (χ4n) is 2.23. The Morgan fingerprint density at radius 3 is 2.24 bits per heavy atom. The van der Waals surface area contributed by atoms with Crippen LogP contribution < -0.4 is 20.1 Å². The van der Waals surface area contributed by atoms with E-state index in [4.69, 9.17) is 9.47 Å². The number of nitrogens with one attached hydrogen (secondary N) is 2. The van der Waals surface area contributed by atoms with Gasteiger partial charge in [-0.1, -0.05) is 0 Å². The third kappa shape index (κ3) is 4.76. The minimum absolute atomic E-state index is 0.00855. The highest BCUT2D eigenvalue weighted by atomic mass is 32.1. The summed E-state index contributed by atoms with van der Waals surface area (Å²) < 4.78 is 10.3. The fraction of sp³-hybridized carbons (Fsp3) is 0.412. The topological polar surface area (TPSA) is 88.0 Å². The van der Waals surface area contributed by atoms with Crippen LogP contribution in [0.2, 0.25) is 0 Å². The van der Waals surface area contributed by atoms with E-state index in [1.54, 1.807) is 30.5 Å². The van der Waals surface area contributed by atoms with Crippen molar-refractivity contribution < 1.29 is 14.6 Å². The normalized spacial score (nSPS) is 11.3. The van der Waals surface area contributed by atoms with Crippen molar-refractivity contribution in [2.45, 2.75) is 26.9 Å². The highest BCUT2D eigenvalue weighted by molar-refractivity contribution is 7.11. The second kappa shape index (κ2) is 8.57. The third-order valence-electron chi connectivity index (χ3n) is 3.70. The minimum Gasteiger partial charge on any atom is -0.502 e. The van der Waals surface area contributed by atoms with Crippen LogP contribution in [0.5, 0.6) is 17.2 Å². The standard InChI is InChI=1S/C17H24N4O3S/c1-10-11(2)25-15(21-10)9-20-17(18-3)19-8-12-6-13(23-4)16(22)14(7-12)24-5/h6-7,22H,8-9H2,1-5H3,(H2,18,19,20). The summed E-state index contributed by atoms with van der Waals surface area (Å²) in [5.41, 5.74) is 1.96. The van der Waals surface area contributed by atoms with Gasteiger partial charge in [0.25, 0.3) is 0 Å². The monoisotopic (exact) mass is 364 g/mol. The summed E-state index contributed by atoms with van der Waals surface area (Å²) in [4.78, 5) is 9.94. The molecule has 0 saturated carbocycles. The van der Waals surface area contributed by atoms with Gasteiger partial charge in [-0.15, -0.1) is 11.3 Å². The molecule has 0 atom stereocenters. The molecule has 1 aromatic heterocycles. The first kappa shape index (κ1) is 18.9. The molecule has 1 heterocycles. The number of aliphatic imine (C=N–C) groups is 1. The fourth-order valence-corrected chi connectivity index (χ4v) is 3.10. The van der Waals surface area contributed by atoms with Crippen molar-refractivity contribution in [3.05, 3.63) is 33.3 Å². The first-order chi connectivity index (χ1) is 12.0. The van der Waals surface area contributed by atoms with Crippen molar-refractivity contribution in [3.63, 3.8) is 0 Å². The number of nitrogens with zero attached hydrogens (tertiary/aromatic N) is 2. The van der Waals surface area contributed by atoms with Crippen LogP contribution in [0.3, 0.4) is 0 Å². The Labute approximate surface area is 151 Å². The highest BCUT2D eigenvalue weighted by Gasteiger charge is 2.11. The summed E-state index contributed by atoms with van der Waals surface area (Å²) in [5, 5.41) is 17.4. The number of hydrogen-bond acceptors (Lipinski definition) is 6. The van der Waals surface area contributed by atoms with E-state index in [0.29, 0.717) is 30.5 Å². The first-order valence-corrected chi connectivity index (χ1v) is 8.61. The van der Waals surface area contributed by atoms with E-state index in [-0.39, 0.29) is 5.75 Å². The SMILES string of the molecule is CN=C(NCc1cc(OC)c(O)c(OC)c1)NCc1nc(C)c(C)s1. The molecule has 0 saturated heterocycles. The summed E-state index contributed by atoms with van der Waals surface area (Å²) in [6.07, 6.45) is 0. The lowest BCUT2D eigenvalue weighted by atomic mass is 10.2. The van der Waals surface area contributed by atoms with Crippen LogP contribution in [-0.4, -0.2) is 37.3 Å². The molecule has 0 aliphatic rings. The summed E-state index contributed by atoms with van der Waals surface area (Å²) in [6.45, 7) is 5.19. The number of ether oxygens (including phenoxy) is 2. The van der Waals surface area contributed by atoms with Gasteiger partial charge in [0.1, 0.15) is 5.01 Å². The number of guanidine groups is 1. The summed E-state index contributed by atoms with van der Waals surface area (Å²) in [5.74, 6) is 1.39. The van der Waals surface area contributed by atoms with Crippen molar-refractivity contribution in [2.75, 3.05) is 21.3 Å². The maximum atomic E-state index is 9.96. The number of aromatic hydroxyl groups is 1. The van der Waals surface area contributed by atoms with Gasteiger partial charge in [-0.3, -0.25) is 4.99 Å². The Balaban J connectivity index is 1.98. The van der Waals surface area contributed by atoms with Gasteiger partial charge < -0.3 is 25.2 Å². The predicted octanol–water partition coefficient (Wildman–Crippen LogP) is 2.35. The van der Waals surface area contributed by atoms with Crippen LogP contribution in [0.1, 0.15) is 21.1 Å². The lowest BCUT2D eigenvalue weighted by molar-refractivity contribution is 0.339. The summed E-state index contributed by atoms with van der Waals surface area (Å²) in [7, 11) is 4.72. The second-order valence-corrected chi connectivity index (χ2v) is 6.67. The molecule has 8 heteroatoms. The number of hydrogen-bond donors (Lipinski definition) is 3. The number of rotatable bonds is 6. The Hall–Kier alpha value is -2.48. The highest BCUT2D eigenvalue weighted by Crippen LogP contribution is 2.36. The van der Waals surface area contributed by atoms with E-state index in [2.05, 4.69) is 27.5 Å². The lowest BCUT2D eigenvalue weighted by Gasteiger charge is -2.14. The summed E-state index contributed by atoms with van der Waals surface area (Å²) >= 11 is 1.68. The van der Waals surface area contributed by atoms with Crippen LogP contribution in [0.25, 0.3) is 0 Å². The molecule has 0 aliphatic heterocycles. The molecule has 0 unspecified atom stereocenters. The van der Waals surface area contributed by atoms with Crippen LogP contribution in [0.15, 0.2) is 17.1 Å². The average molecular weight is 364 g/mol. The number of phenols is 1. The molecule has 0 spiro atoms. The molecule has 136 valence electrons. The molecule has 0 amide bonds. The van der Waals surface area contributed by atoms with E-state index in [9.17, 15) is 5.11 Å². The van der Waals surface area contributed by atoms with Crippen LogP contribution in [0, 0.1) is 13.8 Å². The van der Waals surface area contributed by atoms with Gasteiger partial charge in [0.2, 0.25) is 5.75 Å². The lowest BCUT2D eigenvalue weighted by Crippen LogP contribution is -2.36. The van der Waals surface area contributed by atoms with E-state index in [1.807, 2.05) is 6.92 Å². The second-order valence-electron chi connectivity index (χ2n) is 5.38. The molecule has 0 bridgehead atoms. The molecule has 0 fully saturated rings. The molecular weight excluding hydrogens is 340 g/mol. The Morgan fingerprint density at radius 1 is 1.16 bits per heavy atom. The zero-order chi connectivity index (χ0) is 18.4. The number of phenolic OH excluding ortho intramolecular Hbond substituents is 1. The van der Waals surface area contributed by atoms with Crippen LogP contribution in [0.4, 0.5) is 0 Å². The van der Waals surface area contributed by atoms with Gasteiger partial charge in [0, 0.05) is 18.5 Å². The Morgan fingerprint density at radius 2 is 1.76 bits per heavy atom. The van der Waals surface area contributed by atoms with E-state index >= 15 is 0 Å². The smallest absolute Gasteiger partial charge is 0.200 e. The van der Waals surface area contributed by atoms with E-state index in [0.717, 1.165) is 16.3 Å². The number of aromatic nitrogens is 1. The van der Waals surface area contributed by atoms with Gasteiger partial charge >= 0.3 is 0 Å². The maximum absolute atomic E-state index is 9.96. The zero-order valence-electron chi connectivity index (χ0n) is 15.1. The average Bonchev–Trinajstić information content (AvgIpc) is 2.93. The molecule has 0 radical (unpaired) electrons. The van der Waals surface area contributed by atoms with Crippen molar-refractivity contribution in [1.29, 1.82) is 0 Å². The zero-order valence-corrected chi connectivity index (χ0v) is 16.0.